The lowest BCUT2D eigenvalue weighted by Gasteiger charge is -2.37. The molecule has 1 saturated heterocycles. The fourth-order valence-electron chi connectivity index (χ4n) is 2.43. The number of hydrogen-bond donors (Lipinski definition) is 1. The van der Waals surface area contributed by atoms with Crippen LogP contribution in [-0.4, -0.2) is 61.0 Å². The van der Waals surface area contributed by atoms with Gasteiger partial charge in [0.15, 0.2) is 0 Å². The molecule has 0 radical (unpaired) electrons. The monoisotopic (exact) mass is 267 g/mol. The fraction of sp³-hybridized carbons (Fsp3) is 0.800. The van der Waals surface area contributed by atoms with Gasteiger partial charge in [-0.1, -0.05) is 19.9 Å². The van der Waals surface area contributed by atoms with Crippen molar-refractivity contribution >= 4 is 5.91 Å². The maximum Gasteiger partial charge on any atom is 0.246 e. The lowest BCUT2D eigenvalue weighted by Crippen LogP contribution is -2.52. The standard InChI is InChI=1S/C15H29N3O/c1-5-7-13(3)15(19)16-12-14(4)18-10-8-17(6-2)9-11-18/h7,14H,5-6,8-12H2,1-4H3,(H,16,19)/b13-7+/t14-/m1/s1. The van der Waals surface area contributed by atoms with Gasteiger partial charge in [0.2, 0.25) is 5.91 Å². The zero-order valence-electron chi connectivity index (χ0n) is 12.9. The van der Waals surface area contributed by atoms with Gasteiger partial charge < -0.3 is 10.2 Å². The summed E-state index contributed by atoms with van der Waals surface area (Å²) in [6, 6.07) is 0.414. The van der Waals surface area contributed by atoms with Crippen molar-refractivity contribution in [1.29, 1.82) is 0 Å². The van der Waals surface area contributed by atoms with Crippen LogP contribution in [0.5, 0.6) is 0 Å². The van der Waals surface area contributed by atoms with Gasteiger partial charge in [-0.3, -0.25) is 9.69 Å². The normalized spacial score (nSPS) is 20.3. The average Bonchev–Trinajstić information content (AvgIpc) is 2.44. The highest BCUT2D eigenvalue weighted by atomic mass is 16.1. The number of carbonyl (C=O) groups excluding carboxylic acids is 1. The largest absolute Gasteiger partial charge is 0.351 e. The van der Waals surface area contributed by atoms with Crippen molar-refractivity contribution in [2.45, 2.75) is 40.2 Å². The minimum absolute atomic E-state index is 0.0703. The quantitative estimate of drug-likeness (QED) is 0.741. The van der Waals surface area contributed by atoms with Crippen LogP contribution in [0.1, 0.15) is 34.1 Å². The third kappa shape index (κ3) is 5.33. The van der Waals surface area contributed by atoms with Crippen LogP contribution in [-0.2, 0) is 4.79 Å². The van der Waals surface area contributed by atoms with Crippen LogP contribution in [0.4, 0.5) is 0 Å². The summed E-state index contributed by atoms with van der Waals surface area (Å²) in [6.45, 7) is 14.7. The number of amides is 1. The molecule has 4 heteroatoms. The molecule has 0 aromatic heterocycles. The molecule has 0 aliphatic carbocycles. The van der Waals surface area contributed by atoms with Gasteiger partial charge in [-0.2, -0.15) is 0 Å². The Kier molecular flexibility index (Phi) is 7.10. The van der Waals surface area contributed by atoms with Gasteiger partial charge in [0.1, 0.15) is 0 Å². The van der Waals surface area contributed by atoms with E-state index in [4.69, 9.17) is 0 Å². The molecule has 1 aliphatic heterocycles. The minimum atomic E-state index is 0.0703. The van der Waals surface area contributed by atoms with Crippen molar-refractivity contribution in [2.75, 3.05) is 39.3 Å². The average molecular weight is 267 g/mol. The summed E-state index contributed by atoms with van der Waals surface area (Å²) >= 11 is 0. The Labute approximate surface area is 117 Å². The summed E-state index contributed by atoms with van der Waals surface area (Å²) in [6.07, 6.45) is 2.88. The van der Waals surface area contributed by atoms with E-state index < -0.39 is 0 Å². The van der Waals surface area contributed by atoms with Crippen molar-refractivity contribution in [2.24, 2.45) is 0 Å². The van der Waals surface area contributed by atoms with Gasteiger partial charge in [0.25, 0.3) is 0 Å². The molecule has 1 N–H and O–H groups in total. The molecular formula is C15H29N3O. The van der Waals surface area contributed by atoms with E-state index in [1.165, 1.54) is 0 Å². The molecule has 4 nitrogen and oxygen atoms in total. The van der Waals surface area contributed by atoms with Gasteiger partial charge >= 0.3 is 0 Å². The molecule has 1 aliphatic rings. The summed E-state index contributed by atoms with van der Waals surface area (Å²) in [5.74, 6) is 0.0703. The predicted octanol–water partition coefficient (Wildman–Crippen LogP) is 1.48. The van der Waals surface area contributed by atoms with Gasteiger partial charge in [0.05, 0.1) is 0 Å². The molecular weight excluding hydrogens is 238 g/mol. The van der Waals surface area contributed by atoms with E-state index >= 15 is 0 Å². The Balaban J connectivity index is 2.30. The maximum absolute atomic E-state index is 11.8. The van der Waals surface area contributed by atoms with Crippen LogP contribution in [0.2, 0.25) is 0 Å². The zero-order valence-corrected chi connectivity index (χ0v) is 12.9. The molecule has 0 bridgehead atoms. The fourth-order valence-corrected chi connectivity index (χ4v) is 2.43. The van der Waals surface area contributed by atoms with Crippen molar-refractivity contribution in [3.05, 3.63) is 11.6 Å². The second kappa shape index (κ2) is 8.33. The van der Waals surface area contributed by atoms with Gasteiger partial charge in [0, 0.05) is 44.3 Å². The second-order valence-electron chi connectivity index (χ2n) is 5.32. The lowest BCUT2D eigenvalue weighted by atomic mass is 10.2. The number of likely N-dealkylation sites (N-methyl/N-ethyl adjacent to an activating group) is 1. The summed E-state index contributed by atoms with van der Waals surface area (Å²) in [5.41, 5.74) is 0.825. The summed E-state index contributed by atoms with van der Waals surface area (Å²) in [4.78, 5) is 16.7. The molecule has 0 aromatic rings. The van der Waals surface area contributed by atoms with Gasteiger partial charge in [-0.05, 0) is 26.8 Å². The van der Waals surface area contributed by atoms with Crippen molar-refractivity contribution in [3.8, 4) is 0 Å². The number of allylic oxidation sites excluding steroid dienone is 1. The molecule has 0 spiro atoms. The Morgan fingerprint density at radius 3 is 2.42 bits per heavy atom. The van der Waals surface area contributed by atoms with E-state index in [1.807, 2.05) is 19.9 Å². The van der Waals surface area contributed by atoms with Crippen LogP contribution in [0, 0.1) is 0 Å². The number of rotatable bonds is 6. The molecule has 0 unspecified atom stereocenters. The topological polar surface area (TPSA) is 35.6 Å². The van der Waals surface area contributed by atoms with E-state index in [2.05, 4.69) is 29.0 Å². The van der Waals surface area contributed by atoms with Gasteiger partial charge in [-0.25, -0.2) is 0 Å². The molecule has 1 fully saturated rings. The Bertz CT molecular complexity index is 307. The zero-order chi connectivity index (χ0) is 14.3. The lowest BCUT2D eigenvalue weighted by molar-refractivity contribution is -0.117. The first-order valence-corrected chi connectivity index (χ1v) is 7.49. The van der Waals surface area contributed by atoms with Gasteiger partial charge in [-0.15, -0.1) is 0 Å². The Hall–Kier alpha value is -0.870. The second-order valence-corrected chi connectivity index (χ2v) is 5.32. The molecule has 19 heavy (non-hydrogen) atoms. The molecule has 1 heterocycles. The van der Waals surface area contributed by atoms with Crippen LogP contribution in [0.25, 0.3) is 0 Å². The van der Waals surface area contributed by atoms with E-state index in [-0.39, 0.29) is 5.91 Å². The Morgan fingerprint density at radius 2 is 1.89 bits per heavy atom. The predicted molar refractivity (Wildman–Crippen MR) is 80.2 cm³/mol. The van der Waals surface area contributed by atoms with E-state index in [9.17, 15) is 4.79 Å². The number of piperazine rings is 1. The smallest absolute Gasteiger partial charge is 0.246 e. The number of nitrogens with zero attached hydrogens (tertiary/aromatic N) is 2. The highest BCUT2D eigenvalue weighted by molar-refractivity contribution is 5.92. The highest BCUT2D eigenvalue weighted by Gasteiger charge is 2.20. The SMILES string of the molecule is CC/C=C(\C)C(=O)NC[C@@H](C)N1CCN(CC)CC1. The summed E-state index contributed by atoms with van der Waals surface area (Å²) in [5, 5.41) is 3.03. The molecule has 0 aromatic carbocycles. The third-order valence-electron chi connectivity index (χ3n) is 3.90. The summed E-state index contributed by atoms with van der Waals surface area (Å²) < 4.78 is 0. The first kappa shape index (κ1) is 16.2. The van der Waals surface area contributed by atoms with Crippen LogP contribution in [0.15, 0.2) is 11.6 Å². The van der Waals surface area contributed by atoms with Crippen LogP contribution >= 0.6 is 0 Å². The molecule has 1 amide bonds. The van der Waals surface area contributed by atoms with E-state index in [1.54, 1.807) is 0 Å². The minimum Gasteiger partial charge on any atom is -0.351 e. The molecule has 1 rings (SSSR count). The van der Waals surface area contributed by atoms with E-state index in [0.717, 1.165) is 51.3 Å². The van der Waals surface area contributed by atoms with Crippen molar-refractivity contribution in [3.63, 3.8) is 0 Å². The maximum atomic E-state index is 11.8. The molecule has 110 valence electrons. The number of carbonyl (C=O) groups is 1. The number of hydrogen-bond acceptors (Lipinski definition) is 3. The summed E-state index contributed by atoms with van der Waals surface area (Å²) in [7, 11) is 0. The van der Waals surface area contributed by atoms with Crippen LogP contribution < -0.4 is 5.32 Å². The Morgan fingerprint density at radius 1 is 1.26 bits per heavy atom. The third-order valence-corrected chi connectivity index (χ3v) is 3.90. The van der Waals surface area contributed by atoms with Crippen LogP contribution in [0.3, 0.4) is 0 Å². The van der Waals surface area contributed by atoms with Crippen molar-refractivity contribution < 1.29 is 4.79 Å². The first-order chi connectivity index (χ1) is 9.08. The van der Waals surface area contributed by atoms with Crippen molar-refractivity contribution in [1.82, 2.24) is 15.1 Å². The van der Waals surface area contributed by atoms with E-state index in [0.29, 0.717) is 6.04 Å². The highest BCUT2D eigenvalue weighted by Crippen LogP contribution is 2.05. The number of nitrogens with one attached hydrogen (secondary N) is 1. The first-order valence-electron chi connectivity index (χ1n) is 7.49. The molecule has 1 atom stereocenters. The molecule has 0 saturated carbocycles.